The zero-order valence-corrected chi connectivity index (χ0v) is 19.2. The van der Waals surface area contributed by atoms with Crippen LogP contribution in [0.3, 0.4) is 0 Å². The molecule has 162 valence electrons. The number of hydrogen-bond donors (Lipinski definition) is 0. The summed E-state index contributed by atoms with van der Waals surface area (Å²) in [5, 5.41) is 0. The van der Waals surface area contributed by atoms with Crippen LogP contribution in [-0.2, 0) is 0 Å². The molecule has 0 bridgehead atoms. The quantitative estimate of drug-likeness (QED) is 0.233. The lowest BCUT2D eigenvalue weighted by Gasteiger charge is -2.16. The summed E-state index contributed by atoms with van der Waals surface area (Å²) in [4.78, 5) is 0. The average Bonchev–Trinajstić information content (AvgIpc) is 2.73. The van der Waals surface area contributed by atoms with Crippen LogP contribution in [-0.4, -0.2) is 14.2 Å². The molecule has 28 heavy (non-hydrogen) atoms. The topological polar surface area (TPSA) is 18.5 Å². The predicted octanol–water partition coefficient (Wildman–Crippen LogP) is 8.68. The van der Waals surface area contributed by atoms with E-state index in [2.05, 4.69) is 19.9 Å². The van der Waals surface area contributed by atoms with Crippen molar-refractivity contribution >= 4 is 0 Å². The Bertz CT molecular complexity index is 483. The molecule has 0 saturated heterocycles. The van der Waals surface area contributed by atoms with Gasteiger partial charge in [-0.05, 0) is 30.5 Å². The van der Waals surface area contributed by atoms with E-state index in [1.54, 1.807) is 14.2 Å². The van der Waals surface area contributed by atoms with Crippen LogP contribution in [0.15, 0.2) is 18.2 Å². The molecule has 1 atom stereocenters. The second kappa shape index (κ2) is 16.7. The van der Waals surface area contributed by atoms with Crippen LogP contribution in [0.2, 0.25) is 0 Å². The van der Waals surface area contributed by atoms with Crippen LogP contribution >= 0.6 is 0 Å². The van der Waals surface area contributed by atoms with Crippen molar-refractivity contribution in [3.8, 4) is 11.5 Å². The van der Waals surface area contributed by atoms with Crippen LogP contribution in [0.1, 0.15) is 122 Å². The minimum atomic E-state index is 0.516. The Morgan fingerprint density at radius 1 is 0.679 bits per heavy atom. The zero-order chi connectivity index (χ0) is 20.5. The van der Waals surface area contributed by atoms with E-state index < -0.39 is 0 Å². The molecule has 1 aromatic carbocycles. The van der Waals surface area contributed by atoms with Gasteiger partial charge in [0.15, 0.2) is 0 Å². The molecule has 0 aromatic heterocycles. The van der Waals surface area contributed by atoms with E-state index in [0.29, 0.717) is 5.92 Å². The smallest absolute Gasteiger partial charge is 0.122 e. The van der Waals surface area contributed by atoms with Gasteiger partial charge in [-0.1, -0.05) is 104 Å². The SMILES string of the molecule is CCCCCCCCCCCCCCCCC(C)c1cc(OC)ccc1OC. The van der Waals surface area contributed by atoms with Gasteiger partial charge >= 0.3 is 0 Å². The molecule has 0 aliphatic rings. The Labute approximate surface area is 175 Å². The van der Waals surface area contributed by atoms with Gasteiger partial charge in [-0.2, -0.15) is 0 Å². The van der Waals surface area contributed by atoms with Gasteiger partial charge in [-0.25, -0.2) is 0 Å². The molecule has 0 aliphatic heterocycles. The van der Waals surface area contributed by atoms with Crippen molar-refractivity contribution in [3.05, 3.63) is 23.8 Å². The highest BCUT2D eigenvalue weighted by Gasteiger charge is 2.12. The Morgan fingerprint density at radius 2 is 1.18 bits per heavy atom. The highest BCUT2D eigenvalue weighted by atomic mass is 16.5. The molecule has 1 rings (SSSR count). The molecule has 0 radical (unpaired) electrons. The van der Waals surface area contributed by atoms with Crippen molar-refractivity contribution in [2.75, 3.05) is 14.2 Å². The first-order valence-corrected chi connectivity index (χ1v) is 11.9. The first-order valence-electron chi connectivity index (χ1n) is 11.9. The van der Waals surface area contributed by atoms with Gasteiger partial charge in [-0.15, -0.1) is 0 Å². The lowest BCUT2D eigenvalue weighted by molar-refractivity contribution is 0.394. The lowest BCUT2D eigenvalue weighted by Crippen LogP contribution is -1.99. The van der Waals surface area contributed by atoms with Crippen molar-refractivity contribution in [3.63, 3.8) is 0 Å². The van der Waals surface area contributed by atoms with E-state index in [-0.39, 0.29) is 0 Å². The maximum atomic E-state index is 5.53. The van der Waals surface area contributed by atoms with Gasteiger partial charge in [0.25, 0.3) is 0 Å². The molecule has 0 heterocycles. The standard InChI is InChI=1S/C26H46O2/c1-5-6-7-8-9-10-11-12-13-14-15-16-17-18-19-23(2)25-22-24(27-3)20-21-26(25)28-4/h20-23H,5-19H2,1-4H3. The monoisotopic (exact) mass is 390 g/mol. The molecular weight excluding hydrogens is 344 g/mol. The second-order valence-corrected chi connectivity index (χ2v) is 8.39. The van der Waals surface area contributed by atoms with Gasteiger partial charge in [0.05, 0.1) is 14.2 Å². The molecule has 0 spiro atoms. The first-order chi connectivity index (χ1) is 13.7. The van der Waals surface area contributed by atoms with E-state index in [0.717, 1.165) is 11.5 Å². The van der Waals surface area contributed by atoms with Gasteiger partial charge in [-0.3, -0.25) is 0 Å². The number of unbranched alkanes of at least 4 members (excludes halogenated alkanes) is 13. The number of hydrogen-bond acceptors (Lipinski definition) is 2. The van der Waals surface area contributed by atoms with Gasteiger partial charge < -0.3 is 9.47 Å². The van der Waals surface area contributed by atoms with Crippen molar-refractivity contribution in [2.45, 2.75) is 116 Å². The summed E-state index contributed by atoms with van der Waals surface area (Å²) in [5.74, 6) is 2.42. The number of benzene rings is 1. The van der Waals surface area contributed by atoms with Crippen LogP contribution in [0.25, 0.3) is 0 Å². The first kappa shape index (κ1) is 24.9. The van der Waals surface area contributed by atoms with Crippen LogP contribution in [0.4, 0.5) is 0 Å². The van der Waals surface area contributed by atoms with Crippen molar-refractivity contribution in [2.24, 2.45) is 0 Å². The van der Waals surface area contributed by atoms with Gasteiger partial charge in [0, 0.05) is 5.56 Å². The van der Waals surface area contributed by atoms with Crippen LogP contribution in [0, 0.1) is 0 Å². The highest BCUT2D eigenvalue weighted by Crippen LogP contribution is 2.33. The van der Waals surface area contributed by atoms with Crippen molar-refractivity contribution < 1.29 is 9.47 Å². The Balaban J connectivity index is 2.01. The van der Waals surface area contributed by atoms with E-state index in [1.807, 2.05) is 12.1 Å². The Kier molecular flexibility index (Phi) is 14.9. The minimum absolute atomic E-state index is 0.516. The van der Waals surface area contributed by atoms with E-state index in [9.17, 15) is 0 Å². The summed E-state index contributed by atoms with van der Waals surface area (Å²) in [7, 11) is 3.48. The summed E-state index contributed by atoms with van der Waals surface area (Å²) in [6.45, 7) is 4.60. The molecule has 0 N–H and O–H groups in total. The third kappa shape index (κ3) is 11.0. The number of methoxy groups -OCH3 is 2. The number of ether oxygens (including phenoxy) is 2. The molecule has 1 aromatic rings. The molecule has 0 aliphatic carbocycles. The molecule has 0 amide bonds. The molecule has 0 fully saturated rings. The maximum Gasteiger partial charge on any atom is 0.122 e. The van der Waals surface area contributed by atoms with Gasteiger partial charge in [0.1, 0.15) is 11.5 Å². The summed E-state index contributed by atoms with van der Waals surface area (Å²) < 4.78 is 10.9. The fourth-order valence-electron chi connectivity index (χ4n) is 4.03. The lowest BCUT2D eigenvalue weighted by atomic mass is 9.93. The Hall–Kier alpha value is -1.18. The summed E-state index contributed by atoms with van der Waals surface area (Å²) in [6.07, 6.45) is 21.0. The third-order valence-electron chi connectivity index (χ3n) is 5.96. The maximum absolute atomic E-state index is 5.53. The van der Waals surface area contributed by atoms with Crippen LogP contribution < -0.4 is 9.47 Å². The molecule has 2 nitrogen and oxygen atoms in total. The molecule has 0 saturated carbocycles. The predicted molar refractivity (Wildman–Crippen MR) is 123 cm³/mol. The largest absolute Gasteiger partial charge is 0.497 e. The minimum Gasteiger partial charge on any atom is -0.497 e. The molecule has 1 unspecified atom stereocenters. The fraction of sp³-hybridized carbons (Fsp3) is 0.769. The molecular formula is C26H46O2. The number of rotatable bonds is 18. The summed E-state index contributed by atoms with van der Waals surface area (Å²) in [6, 6.07) is 6.13. The highest BCUT2D eigenvalue weighted by molar-refractivity contribution is 5.42. The normalized spacial score (nSPS) is 12.1. The zero-order valence-electron chi connectivity index (χ0n) is 19.2. The van der Waals surface area contributed by atoms with Crippen LogP contribution in [0.5, 0.6) is 11.5 Å². The van der Waals surface area contributed by atoms with E-state index in [4.69, 9.17) is 9.47 Å². The van der Waals surface area contributed by atoms with E-state index >= 15 is 0 Å². The summed E-state index contributed by atoms with van der Waals surface area (Å²) in [5.41, 5.74) is 1.27. The Morgan fingerprint density at radius 3 is 1.64 bits per heavy atom. The second-order valence-electron chi connectivity index (χ2n) is 8.39. The van der Waals surface area contributed by atoms with Crippen molar-refractivity contribution in [1.29, 1.82) is 0 Å². The molecule has 2 heteroatoms. The van der Waals surface area contributed by atoms with Crippen molar-refractivity contribution in [1.82, 2.24) is 0 Å². The van der Waals surface area contributed by atoms with Gasteiger partial charge in [0.2, 0.25) is 0 Å². The fourth-order valence-corrected chi connectivity index (χ4v) is 4.03. The summed E-state index contributed by atoms with van der Waals surface area (Å²) >= 11 is 0. The van der Waals surface area contributed by atoms with E-state index in [1.165, 1.54) is 102 Å². The average molecular weight is 391 g/mol. The third-order valence-corrected chi connectivity index (χ3v) is 5.96.